The van der Waals surface area contributed by atoms with Gasteiger partial charge in [0.05, 0.1) is 4.90 Å². The molecule has 0 aliphatic carbocycles. The van der Waals surface area contributed by atoms with Crippen LogP contribution in [0, 0.1) is 0 Å². The van der Waals surface area contributed by atoms with Crippen LogP contribution in [-0.2, 0) is 10.0 Å². The quantitative estimate of drug-likeness (QED) is 0.820. The first-order chi connectivity index (χ1) is 7.97. The fourth-order valence-corrected chi connectivity index (χ4v) is 2.22. The first kappa shape index (κ1) is 14.0. The monoisotopic (exact) mass is 256 g/mol. The Morgan fingerprint density at radius 1 is 1.24 bits per heavy atom. The molecule has 0 heterocycles. The second-order valence-corrected chi connectivity index (χ2v) is 5.67. The number of nitrogens with one attached hydrogen (secondary N) is 1. The predicted molar refractivity (Wildman–Crippen MR) is 70.4 cm³/mol. The van der Waals surface area contributed by atoms with Gasteiger partial charge < -0.3 is 5.32 Å². The average molecular weight is 256 g/mol. The van der Waals surface area contributed by atoms with E-state index in [9.17, 15) is 8.42 Å². The van der Waals surface area contributed by atoms with Crippen molar-refractivity contribution in [1.29, 1.82) is 0 Å². The Morgan fingerprint density at radius 2 is 1.82 bits per heavy atom. The second kappa shape index (κ2) is 6.02. The Bertz CT molecular complexity index is 440. The molecule has 1 atom stereocenters. The molecule has 5 heteroatoms. The van der Waals surface area contributed by atoms with E-state index in [4.69, 9.17) is 5.14 Å². The number of sulfonamides is 1. The van der Waals surface area contributed by atoms with Gasteiger partial charge in [0.2, 0.25) is 10.0 Å². The number of nitrogens with two attached hydrogens (primary N) is 1. The minimum Gasteiger partial charge on any atom is -0.382 e. The van der Waals surface area contributed by atoms with Crippen LogP contribution in [0.25, 0.3) is 0 Å². The van der Waals surface area contributed by atoms with Crippen molar-refractivity contribution in [3.8, 4) is 0 Å². The maximum atomic E-state index is 11.1. The van der Waals surface area contributed by atoms with Gasteiger partial charge in [0.25, 0.3) is 0 Å². The summed E-state index contributed by atoms with van der Waals surface area (Å²) in [5.41, 5.74) is 0.928. The summed E-state index contributed by atoms with van der Waals surface area (Å²) >= 11 is 0. The summed E-state index contributed by atoms with van der Waals surface area (Å²) in [6.07, 6.45) is 3.28. The zero-order chi connectivity index (χ0) is 12.9. The zero-order valence-corrected chi connectivity index (χ0v) is 11.1. The standard InChI is InChI=1S/C12H20N2O2S/c1-3-5-10(4-2)14-11-6-8-12(9-7-11)17(13,15)16/h6-10,14H,3-5H2,1-2H3,(H2,13,15,16). The molecular weight excluding hydrogens is 236 g/mol. The first-order valence-electron chi connectivity index (χ1n) is 5.86. The first-order valence-corrected chi connectivity index (χ1v) is 7.41. The number of hydrogen-bond acceptors (Lipinski definition) is 3. The van der Waals surface area contributed by atoms with Crippen molar-refractivity contribution in [2.24, 2.45) is 5.14 Å². The molecule has 1 rings (SSSR count). The predicted octanol–water partition coefficient (Wildman–Crippen LogP) is 2.32. The fraction of sp³-hybridized carbons (Fsp3) is 0.500. The number of primary sulfonamides is 1. The van der Waals surface area contributed by atoms with E-state index in [0.29, 0.717) is 6.04 Å². The lowest BCUT2D eigenvalue weighted by atomic mass is 10.1. The molecule has 4 nitrogen and oxygen atoms in total. The number of anilines is 1. The molecule has 1 aromatic carbocycles. The van der Waals surface area contributed by atoms with Crippen molar-refractivity contribution < 1.29 is 8.42 Å². The number of hydrogen-bond donors (Lipinski definition) is 2. The highest BCUT2D eigenvalue weighted by atomic mass is 32.2. The topological polar surface area (TPSA) is 72.2 Å². The fourth-order valence-electron chi connectivity index (χ4n) is 1.70. The molecule has 0 bridgehead atoms. The van der Waals surface area contributed by atoms with E-state index in [2.05, 4.69) is 19.2 Å². The van der Waals surface area contributed by atoms with E-state index >= 15 is 0 Å². The molecule has 1 unspecified atom stereocenters. The minimum atomic E-state index is -3.59. The molecule has 0 aliphatic heterocycles. The van der Waals surface area contributed by atoms with Gasteiger partial charge in [-0.05, 0) is 37.1 Å². The van der Waals surface area contributed by atoms with Crippen LogP contribution in [0.3, 0.4) is 0 Å². The lowest BCUT2D eigenvalue weighted by molar-refractivity contribution is 0.598. The van der Waals surface area contributed by atoms with Crippen LogP contribution in [0.15, 0.2) is 29.2 Å². The summed E-state index contributed by atoms with van der Waals surface area (Å²) in [6, 6.07) is 6.98. The summed E-state index contributed by atoms with van der Waals surface area (Å²) < 4.78 is 22.2. The Morgan fingerprint density at radius 3 is 2.24 bits per heavy atom. The number of rotatable bonds is 6. The van der Waals surface area contributed by atoms with E-state index < -0.39 is 10.0 Å². The molecule has 0 aromatic heterocycles. The van der Waals surface area contributed by atoms with Crippen LogP contribution in [0.1, 0.15) is 33.1 Å². The molecule has 0 aliphatic rings. The molecular formula is C12H20N2O2S. The lowest BCUT2D eigenvalue weighted by Gasteiger charge is -2.17. The SMILES string of the molecule is CCCC(CC)Nc1ccc(S(N)(=O)=O)cc1. The van der Waals surface area contributed by atoms with Crippen LogP contribution in [0.4, 0.5) is 5.69 Å². The lowest BCUT2D eigenvalue weighted by Crippen LogP contribution is -2.18. The molecule has 0 fully saturated rings. The molecule has 17 heavy (non-hydrogen) atoms. The van der Waals surface area contributed by atoms with Gasteiger partial charge in [0, 0.05) is 11.7 Å². The van der Waals surface area contributed by atoms with Crippen molar-refractivity contribution in [3.05, 3.63) is 24.3 Å². The Hall–Kier alpha value is -1.07. The normalized spacial score (nSPS) is 13.4. The zero-order valence-electron chi connectivity index (χ0n) is 10.3. The molecule has 3 N–H and O–H groups in total. The average Bonchev–Trinajstić information content (AvgIpc) is 2.28. The summed E-state index contributed by atoms with van der Waals surface area (Å²) in [5, 5.41) is 8.41. The highest BCUT2D eigenvalue weighted by molar-refractivity contribution is 7.89. The molecule has 96 valence electrons. The Balaban J connectivity index is 2.74. The van der Waals surface area contributed by atoms with Crippen molar-refractivity contribution in [3.63, 3.8) is 0 Å². The smallest absolute Gasteiger partial charge is 0.238 e. The molecule has 0 saturated carbocycles. The van der Waals surface area contributed by atoms with Crippen LogP contribution < -0.4 is 10.5 Å². The van der Waals surface area contributed by atoms with Gasteiger partial charge in [-0.2, -0.15) is 0 Å². The summed E-state index contributed by atoms with van der Waals surface area (Å²) in [5.74, 6) is 0. The molecule has 1 aromatic rings. The van der Waals surface area contributed by atoms with E-state index in [1.165, 1.54) is 12.1 Å². The summed E-state index contributed by atoms with van der Waals surface area (Å²) in [7, 11) is -3.59. The summed E-state index contributed by atoms with van der Waals surface area (Å²) in [4.78, 5) is 0.145. The van der Waals surface area contributed by atoms with Crippen molar-refractivity contribution in [2.75, 3.05) is 5.32 Å². The highest BCUT2D eigenvalue weighted by Crippen LogP contribution is 2.15. The van der Waals surface area contributed by atoms with E-state index in [1.54, 1.807) is 12.1 Å². The van der Waals surface area contributed by atoms with Crippen LogP contribution in [0.2, 0.25) is 0 Å². The van der Waals surface area contributed by atoms with Gasteiger partial charge in [0.15, 0.2) is 0 Å². The largest absolute Gasteiger partial charge is 0.382 e. The summed E-state index contributed by atoms with van der Waals surface area (Å²) in [6.45, 7) is 4.28. The third-order valence-electron chi connectivity index (χ3n) is 2.68. The third-order valence-corrected chi connectivity index (χ3v) is 3.61. The van der Waals surface area contributed by atoms with Gasteiger partial charge in [-0.25, -0.2) is 13.6 Å². The van der Waals surface area contributed by atoms with Gasteiger partial charge in [-0.3, -0.25) is 0 Å². The minimum absolute atomic E-state index is 0.145. The Kier molecular flexibility index (Phi) is 4.96. The van der Waals surface area contributed by atoms with Gasteiger partial charge >= 0.3 is 0 Å². The second-order valence-electron chi connectivity index (χ2n) is 4.11. The van der Waals surface area contributed by atoms with Gasteiger partial charge in [0.1, 0.15) is 0 Å². The van der Waals surface area contributed by atoms with Crippen molar-refractivity contribution in [2.45, 2.75) is 44.0 Å². The number of benzene rings is 1. The van der Waals surface area contributed by atoms with E-state index in [1.807, 2.05) is 0 Å². The molecule has 0 saturated heterocycles. The maximum Gasteiger partial charge on any atom is 0.238 e. The van der Waals surface area contributed by atoms with Gasteiger partial charge in [-0.1, -0.05) is 20.3 Å². The maximum absolute atomic E-state index is 11.1. The van der Waals surface area contributed by atoms with E-state index in [0.717, 1.165) is 24.9 Å². The van der Waals surface area contributed by atoms with E-state index in [-0.39, 0.29) is 4.90 Å². The van der Waals surface area contributed by atoms with Crippen molar-refractivity contribution >= 4 is 15.7 Å². The highest BCUT2D eigenvalue weighted by Gasteiger charge is 2.08. The molecule has 0 radical (unpaired) electrons. The Labute approximate surface area is 103 Å². The van der Waals surface area contributed by atoms with Crippen LogP contribution >= 0.6 is 0 Å². The molecule has 0 amide bonds. The van der Waals surface area contributed by atoms with Gasteiger partial charge in [-0.15, -0.1) is 0 Å². The third kappa shape index (κ3) is 4.36. The van der Waals surface area contributed by atoms with Crippen LogP contribution in [0.5, 0.6) is 0 Å². The van der Waals surface area contributed by atoms with Crippen LogP contribution in [-0.4, -0.2) is 14.5 Å². The van der Waals surface area contributed by atoms with Crippen molar-refractivity contribution in [1.82, 2.24) is 0 Å². The molecule has 0 spiro atoms.